The minimum atomic E-state index is 0.127. The van der Waals surface area contributed by atoms with Gasteiger partial charge >= 0.3 is 0 Å². The number of hydrogen-bond donors (Lipinski definition) is 1. The fourth-order valence-corrected chi connectivity index (χ4v) is 3.72. The maximum absolute atomic E-state index is 12.7. The Morgan fingerprint density at radius 3 is 2.84 bits per heavy atom. The molecule has 0 spiro atoms. The van der Waals surface area contributed by atoms with Crippen molar-refractivity contribution in [1.29, 1.82) is 0 Å². The highest BCUT2D eigenvalue weighted by Gasteiger charge is 2.25. The predicted octanol–water partition coefficient (Wildman–Crippen LogP) is 4.07. The second-order valence-corrected chi connectivity index (χ2v) is 8.18. The SMILES string of the molecule is CC(C)c1nnc(CCC(=O)N2CCC[C@H](c3ccc(Nc4ccccn4)cn3)C2)o1. The first-order valence-electron chi connectivity index (χ1n) is 10.8. The summed E-state index contributed by atoms with van der Waals surface area (Å²) < 4.78 is 5.61. The van der Waals surface area contributed by atoms with E-state index in [1.807, 2.05) is 55.3 Å². The van der Waals surface area contributed by atoms with Crippen LogP contribution in [0.25, 0.3) is 0 Å². The number of aryl methyl sites for hydroxylation is 1. The highest BCUT2D eigenvalue weighted by atomic mass is 16.4. The van der Waals surface area contributed by atoms with Gasteiger partial charge in [-0.1, -0.05) is 19.9 Å². The van der Waals surface area contributed by atoms with Crippen LogP contribution in [-0.2, 0) is 11.2 Å². The minimum Gasteiger partial charge on any atom is -0.425 e. The van der Waals surface area contributed by atoms with E-state index in [9.17, 15) is 4.79 Å². The number of carbonyl (C=O) groups is 1. The zero-order chi connectivity index (χ0) is 21.6. The van der Waals surface area contributed by atoms with Crippen LogP contribution in [-0.4, -0.2) is 44.1 Å². The van der Waals surface area contributed by atoms with Crippen molar-refractivity contribution >= 4 is 17.4 Å². The Labute approximate surface area is 182 Å². The maximum Gasteiger partial charge on any atom is 0.223 e. The van der Waals surface area contributed by atoms with Crippen LogP contribution in [0.3, 0.4) is 0 Å². The van der Waals surface area contributed by atoms with Crippen LogP contribution in [0.1, 0.15) is 62.4 Å². The lowest BCUT2D eigenvalue weighted by Gasteiger charge is -2.32. The van der Waals surface area contributed by atoms with Crippen molar-refractivity contribution in [2.75, 3.05) is 18.4 Å². The summed E-state index contributed by atoms with van der Waals surface area (Å²) in [6.45, 7) is 5.49. The molecule has 1 atom stereocenters. The molecule has 0 bridgehead atoms. The van der Waals surface area contributed by atoms with Crippen LogP contribution in [0.5, 0.6) is 0 Å². The van der Waals surface area contributed by atoms with Crippen molar-refractivity contribution in [3.8, 4) is 0 Å². The van der Waals surface area contributed by atoms with Crippen molar-refractivity contribution in [3.05, 3.63) is 60.2 Å². The molecule has 1 amide bonds. The molecule has 4 heterocycles. The maximum atomic E-state index is 12.7. The number of amides is 1. The molecule has 0 saturated carbocycles. The minimum absolute atomic E-state index is 0.127. The first kappa shape index (κ1) is 21.0. The van der Waals surface area contributed by atoms with E-state index in [0.29, 0.717) is 31.2 Å². The van der Waals surface area contributed by atoms with Crippen molar-refractivity contribution in [2.45, 2.75) is 51.4 Å². The van der Waals surface area contributed by atoms with Crippen molar-refractivity contribution in [2.24, 2.45) is 0 Å². The summed E-state index contributed by atoms with van der Waals surface area (Å²) in [4.78, 5) is 23.6. The van der Waals surface area contributed by atoms with Crippen LogP contribution >= 0.6 is 0 Å². The molecule has 3 aromatic rings. The second-order valence-electron chi connectivity index (χ2n) is 8.18. The fraction of sp³-hybridized carbons (Fsp3) is 0.435. The Balaban J connectivity index is 1.31. The van der Waals surface area contributed by atoms with Gasteiger partial charge in [0.1, 0.15) is 5.82 Å². The first-order valence-corrected chi connectivity index (χ1v) is 10.8. The van der Waals surface area contributed by atoms with Gasteiger partial charge in [0.25, 0.3) is 0 Å². The normalized spacial score (nSPS) is 16.5. The molecule has 1 aliphatic heterocycles. The molecule has 1 saturated heterocycles. The van der Waals surface area contributed by atoms with Crippen LogP contribution in [0.2, 0.25) is 0 Å². The zero-order valence-corrected chi connectivity index (χ0v) is 18.0. The number of pyridine rings is 2. The third-order valence-electron chi connectivity index (χ3n) is 5.45. The monoisotopic (exact) mass is 420 g/mol. The molecule has 1 fully saturated rings. The molecule has 1 aliphatic rings. The zero-order valence-electron chi connectivity index (χ0n) is 18.0. The van der Waals surface area contributed by atoms with E-state index in [2.05, 4.69) is 25.5 Å². The van der Waals surface area contributed by atoms with Crippen LogP contribution < -0.4 is 5.32 Å². The summed E-state index contributed by atoms with van der Waals surface area (Å²) in [6, 6.07) is 9.78. The van der Waals surface area contributed by atoms with E-state index < -0.39 is 0 Å². The Bertz CT molecular complexity index is 987. The van der Waals surface area contributed by atoms with Gasteiger partial charge in [-0.2, -0.15) is 0 Å². The van der Waals surface area contributed by atoms with E-state index in [0.717, 1.165) is 36.6 Å². The molecule has 0 aliphatic carbocycles. The van der Waals surface area contributed by atoms with E-state index in [-0.39, 0.29) is 17.7 Å². The van der Waals surface area contributed by atoms with Gasteiger partial charge in [-0.3, -0.25) is 9.78 Å². The fourth-order valence-electron chi connectivity index (χ4n) is 3.72. The quantitative estimate of drug-likeness (QED) is 0.615. The number of likely N-dealkylation sites (tertiary alicyclic amines) is 1. The molecule has 31 heavy (non-hydrogen) atoms. The van der Waals surface area contributed by atoms with Gasteiger partial charge in [0, 0.05) is 49.7 Å². The summed E-state index contributed by atoms with van der Waals surface area (Å²) in [7, 11) is 0. The van der Waals surface area contributed by atoms with E-state index in [1.165, 1.54) is 0 Å². The number of anilines is 2. The van der Waals surface area contributed by atoms with E-state index in [4.69, 9.17) is 4.42 Å². The summed E-state index contributed by atoms with van der Waals surface area (Å²) in [5, 5.41) is 11.3. The van der Waals surface area contributed by atoms with Gasteiger partial charge in [-0.05, 0) is 37.1 Å². The third kappa shape index (κ3) is 5.45. The molecule has 8 nitrogen and oxygen atoms in total. The highest BCUT2D eigenvalue weighted by Crippen LogP contribution is 2.27. The number of nitrogens with zero attached hydrogens (tertiary/aromatic N) is 5. The molecule has 3 aromatic heterocycles. The molecule has 1 N–H and O–H groups in total. The Morgan fingerprint density at radius 2 is 2.13 bits per heavy atom. The number of hydrogen-bond acceptors (Lipinski definition) is 7. The number of nitrogens with one attached hydrogen (secondary N) is 1. The summed E-state index contributed by atoms with van der Waals surface area (Å²) in [6.07, 6.45) is 6.44. The number of piperidine rings is 1. The van der Waals surface area contributed by atoms with Gasteiger partial charge in [0.05, 0.1) is 11.9 Å². The number of rotatable bonds is 7. The molecule has 0 unspecified atom stereocenters. The summed E-state index contributed by atoms with van der Waals surface area (Å²) in [5.74, 6) is 2.50. The molecule has 4 rings (SSSR count). The van der Waals surface area contributed by atoms with Gasteiger partial charge in [-0.25, -0.2) is 4.98 Å². The average Bonchev–Trinajstić information content (AvgIpc) is 3.28. The molecule has 8 heteroatoms. The van der Waals surface area contributed by atoms with Crippen molar-refractivity contribution in [3.63, 3.8) is 0 Å². The largest absolute Gasteiger partial charge is 0.425 e. The lowest BCUT2D eigenvalue weighted by molar-refractivity contribution is -0.132. The van der Waals surface area contributed by atoms with E-state index in [1.54, 1.807) is 6.20 Å². The lowest BCUT2D eigenvalue weighted by atomic mass is 9.94. The smallest absolute Gasteiger partial charge is 0.223 e. The molecular formula is C23H28N6O2. The van der Waals surface area contributed by atoms with Crippen LogP contribution in [0.4, 0.5) is 11.5 Å². The molecular weight excluding hydrogens is 392 g/mol. The van der Waals surface area contributed by atoms with Gasteiger partial charge in [0.15, 0.2) is 0 Å². The summed E-state index contributed by atoms with van der Waals surface area (Å²) >= 11 is 0. The van der Waals surface area contributed by atoms with Gasteiger partial charge in [-0.15, -0.1) is 10.2 Å². The Hall–Kier alpha value is -3.29. The molecule has 162 valence electrons. The number of carbonyl (C=O) groups excluding carboxylic acids is 1. The topological polar surface area (TPSA) is 97.0 Å². The standard InChI is InChI=1S/C23H28N6O2/c1-16(2)23-28-27-21(31-23)10-11-22(30)29-13-5-6-17(15-29)19-9-8-18(14-25-19)26-20-7-3-4-12-24-20/h3-4,7-9,12,14,16-17H,5-6,10-11,13,15H2,1-2H3,(H,24,26)/t17-/m0/s1. The van der Waals surface area contributed by atoms with Crippen molar-refractivity contribution < 1.29 is 9.21 Å². The van der Waals surface area contributed by atoms with E-state index >= 15 is 0 Å². The predicted molar refractivity (Wildman–Crippen MR) is 117 cm³/mol. The summed E-state index contributed by atoms with van der Waals surface area (Å²) in [5.41, 5.74) is 1.91. The van der Waals surface area contributed by atoms with Crippen molar-refractivity contribution in [1.82, 2.24) is 25.1 Å². The second kappa shape index (κ2) is 9.68. The lowest BCUT2D eigenvalue weighted by Crippen LogP contribution is -2.39. The van der Waals surface area contributed by atoms with Crippen LogP contribution in [0, 0.1) is 0 Å². The Kier molecular flexibility index (Phi) is 6.54. The molecule has 0 radical (unpaired) electrons. The Morgan fingerprint density at radius 1 is 1.23 bits per heavy atom. The molecule has 0 aromatic carbocycles. The average molecular weight is 421 g/mol. The highest BCUT2D eigenvalue weighted by molar-refractivity contribution is 5.76. The van der Waals surface area contributed by atoms with Gasteiger partial charge in [0.2, 0.25) is 17.7 Å². The number of aromatic nitrogens is 4. The van der Waals surface area contributed by atoms with Gasteiger partial charge < -0.3 is 14.6 Å². The third-order valence-corrected chi connectivity index (χ3v) is 5.45. The first-order chi connectivity index (χ1) is 15.1. The van der Waals surface area contributed by atoms with Crippen LogP contribution in [0.15, 0.2) is 47.1 Å².